The van der Waals surface area contributed by atoms with Crippen LogP contribution in [0.5, 0.6) is 0 Å². The molecular formula is C29H17F14IN4O2. The molecule has 21 heteroatoms. The predicted octanol–water partition coefficient (Wildman–Crippen LogP) is 9.75. The van der Waals surface area contributed by atoms with E-state index in [0.717, 1.165) is 34.7 Å². The second kappa shape index (κ2) is 14.6. The number of unbranched alkanes of at least 4 members (excludes halogenated alkanes) is 2. The van der Waals surface area contributed by atoms with Gasteiger partial charge in [0, 0.05) is 28.3 Å². The Hall–Kier alpha value is -4.23. The summed E-state index contributed by atoms with van der Waals surface area (Å²) in [6.45, 7) is -0.412. The van der Waals surface area contributed by atoms with Crippen molar-refractivity contribution in [3.05, 3.63) is 86.0 Å². The summed E-state index contributed by atoms with van der Waals surface area (Å²) in [7, 11) is 0. The van der Waals surface area contributed by atoms with Crippen LogP contribution < -0.4 is 10.2 Å². The van der Waals surface area contributed by atoms with Crippen molar-refractivity contribution >= 4 is 45.8 Å². The first kappa shape index (κ1) is 40.2. The highest BCUT2D eigenvalue weighted by Gasteiger charge is 2.73. The average Bonchev–Trinajstić information content (AvgIpc) is 2.99. The molecule has 1 heterocycles. The lowest BCUT2D eigenvalue weighted by Gasteiger charge is -2.31. The van der Waals surface area contributed by atoms with E-state index in [1.165, 1.54) is 0 Å². The van der Waals surface area contributed by atoms with E-state index in [0.29, 0.717) is 29.3 Å². The molecular weight excluding hydrogens is 829 g/mol. The number of nitrogens with zero attached hydrogens (tertiary/aromatic N) is 3. The highest BCUT2D eigenvalue weighted by Crippen LogP contribution is 2.55. The third-order valence-corrected chi connectivity index (χ3v) is 7.64. The van der Waals surface area contributed by atoms with Gasteiger partial charge in [-0.15, -0.1) is 0 Å². The van der Waals surface area contributed by atoms with Crippen molar-refractivity contribution < 1.29 is 71.1 Å². The van der Waals surface area contributed by atoms with Gasteiger partial charge in [-0.2, -0.15) is 57.9 Å². The number of nitrogens with one attached hydrogen (secondary N) is 1. The number of hydrogen-bond donors (Lipinski definition) is 1. The van der Waals surface area contributed by atoms with Crippen LogP contribution in [0.4, 0.5) is 72.8 Å². The van der Waals surface area contributed by atoms with Crippen LogP contribution in [-0.4, -0.2) is 35.7 Å². The van der Waals surface area contributed by atoms with E-state index >= 15 is 4.39 Å². The van der Waals surface area contributed by atoms with Gasteiger partial charge in [-0.25, -0.2) is 8.78 Å². The minimum absolute atomic E-state index is 0.00533. The Balaban J connectivity index is 2.11. The summed E-state index contributed by atoms with van der Waals surface area (Å²) in [6.07, 6.45) is -23.6. The monoisotopic (exact) mass is 846 g/mol. The molecule has 1 N–H and O–H groups in total. The van der Waals surface area contributed by atoms with E-state index in [1.807, 2.05) is 6.07 Å². The molecule has 0 atom stereocenters. The molecule has 0 aliphatic carbocycles. The minimum Gasteiger partial charge on any atom is -0.320 e. The number of aromatic nitrogens is 1. The molecule has 0 fully saturated rings. The van der Waals surface area contributed by atoms with E-state index < -0.39 is 104 Å². The number of pyridine rings is 1. The maximum Gasteiger partial charge on any atom is 0.435 e. The SMILES string of the molecule is N#CCCCCN(C(=O)c1ccc(C(F)(F)F)nc1)c1cccc(C(=O)Nc2c(I)cc(C(F)(C(F)(F)F)C(F)(F)F)cc2C(F)(F)F)c1F. The second-order valence-electron chi connectivity index (χ2n) is 10.1. The molecule has 0 saturated carbocycles. The van der Waals surface area contributed by atoms with Crippen LogP contribution in [0.1, 0.15) is 56.8 Å². The zero-order chi connectivity index (χ0) is 38.0. The molecule has 0 aliphatic rings. The molecule has 0 spiro atoms. The van der Waals surface area contributed by atoms with Crippen molar-refractivity contribution in [2.45, 2.75) is 49.6 Å². The molecule has 2 amide bonds. The third kappa shape index (κ3) is 8.38. The Morgan fingerprint density at radius 1 is 0.860 bits per heavy atom. The van der Waals surface area contributed by atoms with Gasteiger partial charge in [-0.05, 0) is 71.8 Å². The van der Waals surface area contributed by atoms with E-state index in [9.17, 15) is 66.7 Å². The van der Waals surface area contributed by atoms with Crippen molar-refractivity contribution in [2.24, 2.45) is 0 Å². The van der Waals surface area contributed by atoms with Gasteiger partial charge in [0.25, 0.3) is 11.8 Å². The topological polar surface area (TPSA) is 86.1 Å². The minimum atomic E-state index is -6.78. The number of halogens is 15. The molecule has 6 nitrogen and oxygen atoms in total. The number of alkyl halides is 13. The smallest absolute Gasteiger partial charge is 0.320 e. The Kier molecular flexibility index (Phi) is 11.7. The normalized spacial score (nSPS) is 12.8. The van der Waals surface area contributed by atoms with Crippen LogP contribution in [0.3, 0.4) is 0 Å². The summed E-state index contributed by atoms with van der Waals surface area (Å²) >= 11 is 0.809. The van der Waals surface area contributed by atoms with Gasteiger partial charge < -0.3 is 10.2 Å². The standard InChI is InChI=1S/C29H17F14IN4O2/c30-21-16(5-4-6-19(21)48(10-3-1-2-9-45)24(50)14-7-8-20(46-13-14)27(35,36)37)23(49)47-22-17(26(32,33)34)11-15(12-18(22)44)25(31,28(38,39)40)29(41,42)43/h4-8,11-13H,1-3,10H2,(H,47,49). The van der Waals surface area contributed by atoms with Crippen LogP contribution >= 0.6 is 22.6 Å². The zero-order valence-corrected chi connectivity index (χ0v) is 26.4. The number of nitriles is 1. The highest BCUT2D eigenvalue weighted by molar-refractivity contribution is 14.1. The summed E-state index contributed by atoms with van der Waals surface area (Å²) in [5.41, 5.74) is -16.3. The third-order valence-electron chi connectivity index (χ3n) is 6.79. The van der Waals surface area contributed by atoms with Gasteiger partial charge in [-0.1, -0.05) is 6.07 Å². The fraction of sp³-hybridized carbons (Fsp3) is 0.310. The summed E-state index contributed by atoms with van der Waals surface area (Å²) in [5, 5.41) is 10.3. The van der Waals surface area contributed by atoms with Crippen molar-refractivity contribution in [1.29, 1.82) is 5.26 Å². The van der Waals surface area contributed by atoms with Gasteiger partial charge in [0.15, 0.2) is 5.82 Å². The number of anilines is 2. The molecule has 0 bridgehead atoms. The summed E-state index contributed by atoms with van der Waals surface area (Å²) in [4.78, 5) is 30.2. The Bertz CT molecular complexity index is 1770. The summed E-state index contributed by atoms with van der Waals surface area (Å²) in [6, 6.07) is 4.44. The lowest BCUT2D eigenvalue weighted by Crippen LogP contribution is -2.50. The van der Waals surface area contributed by atoms with E-state index in [-0.39, 0.29) is 25.3 Å². The molecule has 2 aromatic carbocycles. The van der Waals surface area contributed by atoms with Crippen LogP contribution in [-0.2, 0) is 18.0 Å². The zero-order valence-electron chi connectivity index (χ0n) is 24.3. The molecule has 1 aromatic heterocycles. The molecule has 0 radical (unpaired) electrons. The van der Waals surface area contributed by atoms with Crippen molar-refractivity contribution in [3.8, 4) is 6.07 Å². The number of hydrogen-bond acceptors (Lipinski definition) is 4. The van der Waals surface area contributed by atoms with Crippen LogP contribution in [0, 0.1) is 20.7 Å². The number of rotatable bonds is 9. The fourth-order valence-corrected chi connectivity index (χ4v) is 5.14. The molecule has 3 rings (SSSR count). The maximum absolute atomic E-state index is 15.9. The van der Waals surface area contributed by atoms with Crippen molar-refractivity contribution in [1.82, 2.24) is 4.98 Å². The van der Waals surface area contributed by atoms with Crippen molar-refractivity contribution in [3.63, 3.8) is 0 Å². The predicted molar refractivity (Wildman–Crippen MR) is 154 cm³/mol. The molecule has 0 aliphatic heterocycles. The Labute approximate surface area is 285 Å². The number of carbonyl (C=O) groups excluding carboxylic acids is 2. The highest BCUT2D eigenvalue weighted by atomic mass is 127. The van der Waals surface area contributed by atoms with Gasteiger partial charge in [0.05, 0.1) is 34.1 Å². The molecule has 3 aromatic rings. The fourth-order valence-electron chi connectivity index (χ4n) is 4.38. The number of carbonyl (C=O) groups is 2. The van der Waals surface area contributed by atoms with Crippen LogP contribution in [0.15, 0.2) is 48.7 Å². The molecule has 270 valence electrons. The summed E-state index contributed by atoms with van der Waals surface area (Å²) < 4.78 is 190. The molecule has 0 saturated heterocycles. The molecule has 0 unspecified atom stereocenters. The Morgan fingerprint density at radius 3 is 1.98 bits per heavy atom. The van der Waals surface area contributed by atoms with Crippen molar-refractivity contribution in [2.75, 3.05) is 16.8 Å². The van der Waals surface area contributed by atoms with Gasteiger partial charge in [-0.3, -0.25) is 14.6 Å². The average molecular weight is 846 g/mol. The van der Waals surface area contributed by atoms with E-state index in [2.05, 4.69) is 4.98 Å². The first-order chi connectivity index (χ1) is 22.9. The summed E-state index contributed by atoms with van der Waals surface area (Å²) in [5.74, 6) is -4.52. The van der Waals surface area contributed by atoms with E-state index in [4.69, 9.17) is 5.26 Å². The largest absolute Gasteiger partial charge is 0.435 e. The van der Waals surface area contributed by atoms with Gasteiger partial charge >= 0.3 is 30.4 Å². The lowest BCUT2D eigenvalue weighted by molar-refractivity contribution is -0.348. The maximum atomic E-state index is 15.9. The number of benzene rings is 2. The number of amides is 2. The van der Waals surface area contributed by atoms with Crippen LogP contribution in [0.25, 0.3) is 0 Å². The quantitative estimate of drug-likeness (QED) is 0.132. The second-order valence-corrected chi connectivity index (χ2v) is 11.3. The molecule has 50 heavy (non-hydrogen) atoms. The van der Waals surface area contributed by atoms with Gasteiger partial charge in [0.1, 0.15) is 5.69 Å². The van der Waals surface area contributed by atoms with E-state index in [1.54, 1.807) is 5.32 Å². The van der Waals surface area contributed by atoms with Crippen LogP contribution in [0.2, 0.25) is 0 Å². The first-order valence-corrected chi connectivity index (χ1v) is 14.5. The first-order valence-electron chi connectivity index (χ1n) is 13.4. The lowest BCUT2D eigenvalue weighted by atomic mass is 9.92. The van der Waals surface area contributed by atoms with Gasteiger partial charge in [0.2, 0.25) is 0 Å². The Morgan fingerprint density at radius 2 is 1.48 bits per heavy atom.